The normalized spacial score (nSPS) is 16.4. The molecule has 1 aliphatic rings. The van der Waals surface area contributed by atoms with E-state index in [0.29, 0.717) is 34.5 Å². The first-order chi connectivity index (χ1) is 21.7. The van der Waals surface area contributed by atoms with Crippen LogP contribution in [0.25, 0.3) is 10.9 Å². The summed E-state index contributed by atoms with van der Waals surface area (Å²) in [5, 5.41) is 3.11. The number of rotatable bonds is 6. The fourth-order valence-corrected chi connectivity index (χ4v) is 5.31. The molecule has 1 aromatic heterocycles. The molecule has 2 atom stereocenters. The van der Waals surface area contributed by atoms with Crippen molar-refractivity contribution in [2.24, 2.45) is 0 Å². The van der Waals surface area contributed by atoms with Crippen molar-refractivity contribution in [1.82, 2.24) is 9.88 Å². The molecule has 0 saturated heterocycles. The van der Waals surface area contributed by atoms with Gasteiger partial charge in [0.2, 0.25) is 0 Å². The molecular formula is C30H23F6N3O7. The number of aromatic amines is 1. The van der Waals surface area contributed by atoms with Crippen LogP contribution in [-0.2, 0) is 20.7 Å². The lowest BCUT2D eigenvalue weighted by Gasteiger charge is -2.40. The van der Waals surface area contributed by atoms with Crippen LogP contribution in [-0.4, -0.2) is 60.8 Å². The maximum atomic E-state index is 14.0. The number of amides is 2. The number of ether oxygens (including phenoxy) is 4. The van der Waals surface area contributed by atoms with Gasteiger partial charge in [0.25, 0.3) is 0 Å². The molecule has 0 spiro atoms. The van der Waals surface area contributed by atoms with E-state index in [1.54, 1.807) is 18.2 Å². The van der Waals surface area contributed by atoms with Crippen molar-refractivity contribution in [1.29, 1.82) is 0 Å². The van der Waals surface area contributed by atoms with Crippen LogP contribution in [0.2, 0.25) is 0 Å². The Balaban J connectivity index is 1.61. The molecule has 0 saturated carbocycles. The third-order valence-corrected chi connectivity index (χ3v) is 7.13. The third kappa shape index (κ3) is 6.64. The van der Waals surface area contributed by atoms with Gasteiger partial charge < -0.3 is 29.2 Å². The molecule has 0 fully saturated rings. The number of esters is 2. The Morgan fingerprint density at radius 1 is 0.848 bits per heavy atom. The second kappa shape index (κ2) is 12.2. The Morgan fingerprint density at radius 2 is 1.50 bits per heavy atom. The average molecular weight is 652 g/mol. The highest BCUT2D eigenvalue weighted by Gasteiger charge is 2.44. The Hall–Kier alpha value is -5.41. The number of hydrogen-bond donors (Lipinski definition) is 2. The molecule has 0 radical (unpaired) electrons. The van der Waals surface area contributed by atoms with Gasteiger partial charge in [0.05, 0.1) is 19.8 Å². The molecule has 2 N–H and O–H groups in total. The number of urea groups is 1. The van der Waals surface area contributed by atoms with Gasteiger partial charge in [-0.15, -0.1) is 26.3 Å². The number of benzene rings is 3. The van der Waals surface area contributed by atoms with E-state index < -0.39 is 60.0 Å². The van der Waals surface area contributed by atoms with Gasteiger partial charge in [-0.05, 0) is 41.5 Å². The molecule has 242 valence electrons. The standard InChI is InChI=1S/C30H23F6N3O7/c1-43-26(40)16-9-7-15(8-10-16)25-24-19(18-5-3-4-6-20(18)38-24)14-21(27(41)44-2)39(25)28(42)37-17-11-12-22(45-29(31,32)33)23(13-17)46-30(34,35)36/h3-13,21,25,38H,14H2,1-2H3,(H,37,42). The van der Waals surface area contributed by atoms with E-state index in [1.165, 1.54) is 31.4 Å². The molecule has 0 aliphatic carbocycles. The lowest BCUT2D eigenvalue weighted by Crippen LogP contribution is -2.53. The zero-order valence-electron chi connectivity index (χ0n) is 23.8. The highest BCUT2D eigenvalue weighted by molar-refractivity contribution is 5.96. The summed E-state index contributed by atoms with van der Waals surface area (Å²) in [5.41, 5.74) is 2.06. The fraction of sp³-hybridized carbons (Fsp3) is 0.233. The highest BCUT2D eigenvalue weighted by Crippen LogP contribution is 2.42. The molecule has 10 nitrogen and oxygen atoms in total. The maximum Gasteiger partial charge on any atom is 0.573 e. The third-order valence-electron chi connectivity index (χ3n) is 7.13. The van der Waals surface area contributed by atoms with E-state index in [4.69, 9.17) is 9.47 Å². The SMILES string of the molecule is COC(=O)c1ccc(C2c3[nH]c4ccccc4c3CC(C(=O)OC)N2C(=O)Nc2ccc(OC(F)(F)F)c(OC(F)(F)F)c2)cc1. The van der Waals surface area contributed by atoms with Crippen LogP contribution in [0.3, 0.4) is 0 Å². The number of para-hydroxylation sites is 1. The molecule has 1 aliphatic heterocycles. The number of anilines is 1. The number of fused-ring (bicyclic) bond motifs is 3. The monoisotopic (exact) mass is 651 g/mol. The van der Waals surface area contributed by atoms with Gasteiger partial charge >= 0.3 is 30.7 Å². The summed E-state index contributed by atoms with van der Waals surface area (Å²) in [7, 11) is 2.32. The van der Waals surface area contributed by atoms with Crippen LogP contribution in [0.5, 0.6) is 11.5 Å². The van der Waals surface area contributed by atoms with Crippen molar-refractivity contribution in [2.75, 3.05) is 19.5 Å². The quantitative estimate of drug-likeness (QED) is 0.181. The summed E-state index contributed by atoms with van der Waals surface area (Å²) in [6.45, 7) is 0. The zero-order valence-corrected chi connectivity index (χ0v) is 23.8. The van der Waals surface area contributed by atoms with Crippen LogP contribution >= 0.6 is 0 Å². The number of nitrogens with zero attached hydrogens (tertiary/aromatic N) is 1. The van der Waals surface area contributed by atoms with Crippen LogP contribution in [0.15, 0.2) is 66.7 Å². The van der Waals surface area contributed by atoms with E-state index in [2.05, 4.69) is 19.8 Å². The number of alkyl halides is 6. The minimum absolute atomic E-state index is 0.0308. The topological polar surface area (TPSA) is 119 Å². The van der Waals surface area contributed by atoms with E-state index in [0.717, 1.165) is 23.5 Å². The first-order valence-corrected chi connectivity index (χ1v) is 13.3. The molecule has 16 heteroatoms. The first kappa shape index (κ1) is 32.0. The highest BCUT2D eigenvalue weighted by atomic mass is 19.4. The number of carbonyl (C=O) groups excluding carboxylic acids is 3. The van der Waals surface area contributed by atoms with E-state index in [-0.39, 0.29) is 12.0 Å². The Labute approximate surface area is 255 Å². The molecule has 4 aromatic rings. The van der Waals surface area contributed by atoms with Gasteiger partial charge in [-0.2, -0.15) is 0 Å². The molecular weight excluding hydrogens is 628 g/mol. The Bertz CT molecular complexity index is 1790. The van der Waals surface area contributed by atoms with Crippen molar-refractivity contribution in [2.45, 2.75) is 31.2 Å². The summed E-state index contributed by atoms with van der Waals surface area (Å²) in [6.07, 6.45) is -10.8. The lowest BCUT2D eigenvalue weighted by atomic mass is 9.88. The molecule has 2 heterocycles. The van der Waals surface area contributed by atoms with Crippen molar-refractivity contribution in [3.05, 3.63) is 89.1 Å². The maximum absolute atomic E-state index is 14.0. The number of halogens is 6. The summed E-state index contributed by atoms with van der Waals surface area (Å²) < 4.78 is 94.8. The Kier molecular flexibility index (Phi) is 8.47. The molecule has 2 unspecified atom stereocenters. The molecule has 5 rings (SSSR count). The predicted molar refractivity (Wildman–Crippen MR) is 148 cm³/mol. The van der Waals surface area contributed by atoms with Gasteiger partial charge in [0, 0.05) is 34.8 Å². The van der Waals surface area contributed by atoms with Gasteiger partial charge in [-0.3, -0.25) is 4.90 Å². The molecule has 0 bridgehead atoms. The molecule has 2 amide bonds. The van der Waals surface area contributed by atoms with Gasteiger partial charge in [0.1, 0.15) is 12.1 Å². The van der Waals surface area contributed by atoms with Crippen LogP contribution in [0, 0.1) is 0 Å². The van der Waals surface area contributed by atoms with Crippen molar-refractivity contribution in [3.63, 3.8) is 0 Å². The minimum atomic E-state index is -5.40. The van der Waals surface area contributed by atoms with Crippen LogP contribution < -0.4 is 14.8 Å². The number of nitrogens with one attached hydrogen (secondary N) is 2. The van der Waals surface area contributed by atoms with Gasteiger partial charge in [-0.1, -0.05) is 30.3 Å². The van der Waals surface area contributed by atoms with E-state index in [1.807, 2.05) is 6.07 Å². The fourth-order valence-electron chi connectivity index (χ4n) is 5.31. The number of hydrogen-bond acceptors (Lipinski definition) is 7. The largest absolute Gasteiger partial charge is 0.573 e. The average Bonchev–Trinajstić information content (AvgIpc) is 3.37. The second-order valence-corrected chi connectivity index (χ2v) is 9.92. The van der Waals surface area contributed by atoms with Crippen molar-refractivity contribution < 1.29 is 59.7 Å². The van der Waals surface area contributed by atoms with Crippen LogP contribution in [0.4, 0.5) is 36.8 Å². The summed E-state index contributed by atoms with van der Waals surface area (Å²) >= 11 is 0. The predicted octanol–water partition coefficient (Wildman–Crippen LogP) is 6.47. The second-order valence-electron chi connectivity index (χ2n) is 9.92. The van der Waals surface area contributed by atoms with E-state index >= 15 is 0 Å². The molecule has 3 aromatic carbocycles. The number of methoxy groups -OCH3 is 2. The number of H-pyrrole nitrogens is 1. The van der Waals surface area contributed by atoms with Gasteiger partial charge in [-0.25, -0.2) is 14.4 Å². The zero-order chi connectivity index (χ0) is 33.4. The molecule has 46 heavy (non-hydrogen) atoms. The van der Waals surface area contributed by atoms with Crippen LogP contribution in [0.1, 0.15) is 33.2 Å². The lowest BCUT2D eigenvalue weighted by molar-refractivity contribution is -0.287. The Morgan fingerprint density at radius 3 is 2.13 bits per heavy atom. The number of aromatic nitrogens is 1. The van der Waals surface area contributed by atoms with Crippen molar-refractivity contribution in [3.8, 4) is 11.5 Å². The van der Waals surface area contributed by atoms with E-state index in [9.17, 15) is 40.7 Å². The first-order valence-electron chi connectivity index (χ1n) is 13.3. The van der Waals surface area contributed by atoms with Gasteiger partial charge in [0.15, 0.2) is 11.5 Å². The summed E-state index contributed by atoms with van der Waals surface area (Å²) in [5.74, 6) is -4.13. The smallest absolute Gasteiger partial charge is 0.467 e. The number of carbonyl (C=O) groups is 3. The van der Waals surface area contributed by atoms with Crippen molar-refractivity contribution >= 4 is 34.6 Å². The summed E-state index contributed by atoms with van der Waals surface area (Å²) in [4.78, 5) is 43.6. The summed E-state index contributed by atoms with van der Waals surface area (Å²) in [6, 6.07) is 11.7. The minimum Gasteiger partial charge on any atom is -0.467 e.